The van der Waals surface area contributed by atoms with Crippen LogP contribution in [0.15, 0.2) is 78.0 Å². The zero-order valence-electron chi connectivity index (χ0n) is 14.9. The Hall–Kier alpha value is -2.81. The van der Waals surface area contributed by atoms with E-state index in [1.807, 2.05) is 60.8 Å². The van der Waals surface area contributed by atoms with Crippen molar-refractivity contribution in [1.82, 2.24) is 4.57 Å². The summed E-state index contributed by atoms with van der Waals surface area (Å²) in [5.41, 5.74) is 2.08. The van der Waals surface area contributed by atoms with Gasteiger partial charge in [-0.25, -0.2) is 0 Å². The van der Waals surface area contributed by atoms with Gasteiger partial charge >= 0.3 is 0 Å². The Bertz CT molecular complexity index is 843. The van der Waals surface area contributed by atoms with Crippen LogP contribution in [0, 0.1) is 0 Å². The molecule has 1 heterocycles. The van der Waals surface area contributed by atoms with Crippen molar-refractivity contribution in [1.29, 1.82) is 0 Å². The third kappa shape index (κ3) is 4.23. The van der Waals surface area contributed by atoms with Crippen LogP contribution in [0.1, 0.15) is 43.7 Å². The molecule has 3 aromatic rings. The topological polar surface area (TPSA) is 26.5 Å². The first kappa shape index (κ1) is 16.6. The van der Waals surface area contributed by atoms with Crippen molar-refractivity contribution >= 4 is 11.9 Å². The van der Waals surface area contributed by atoms with Crippen molar-refractivity contribution in [3.05, 3.63) is 78.6 Å². The van der Waals surface area contributed by atoms with Gasteiger partial charge in [-0.1, -0.05) is 37.5 Å². The molecule has 0 bridgehead atoms. The molecule has 4 rings (SSSR count). The third-order valence-electron chi connectivity index (χ3n) is 4.91. The van der Waals surface area contributed by atoms with E-state index in [1.165, 1.54) is 32.1 Å². The monoisotopic (exact) mass is 344 g/mol. The highest BCUT2D eigenvalue weighted by Crippen LogP contribution is 2.28. The first-order valence-corrected chi connectivity index (χ1v) is 9.41. The molecule has 1 aliphatic carbocycles. The summed E-state index contributed by atoms with van der Waals surface area (Å²) in [6.07, 6.45) is 13.0. The van der Waals surface area contributed by atoms with Crippen LogP contribution in [-0.4, -0.2) is 10.8 Å². The van der Waals surface area contributed by atoms with Crippen molar-refractivity contribution < 1.29 is 4.74 Å². The number of aromatic nitrogens is 1. The molecule has 0 N–H and O–H groups in total. The SMILES string of the molecule is C(=Nc1ccc(Oc2ccccc2)cc1)c1ccn(C2CCCCC2)c1. The van der Waals surface area contributed by atoms with E-state index in [0.717, 1.165) is 22.7 Å². The molecule has 0 saturated heterocycles. The van der Waals surface area contributed by atoms with Gasteiger partial charge < -0.3 is 9.30 Å². The summed E-state index contributed by atoms with van der Waals surface area (Å²) in [6, 6.07) is 20.5. The summed E-state index contributed by atoms with van der Waals surface area (Å²) in [4.78, 5) is 4.59. The van der Waals surface area contributed by atoms with Gasteiger partial charge in [-0.15, -0.1) is 0 Å². The van der Waals surface area contributed by atoms with Gasteiger partial charge in [-0.05, 0) is 55.3 Å². The molecule has 132 valence electrons. The molecule has 0 atom stereocenters. The van der Waals surface area contributed by atoms with Crippen molar-refractivity contribution in [2.75, 3.05) is 0 Å². The summed E-state index contributed by atoms with van der Waals surface area (Å²) in [7, 11) is 0. The number of rotatable bonds is 5. The molecule has 26 heavy (non-hydrogen) atoms. The molecular weight excluding hydrogens is 320 g/mol. The maximum Gasteiger partial charge on any atom is 0.127 e. The Morgan fingerprint density at radius 3 is 2.35 bits per heavy atom. The van der Waals surface area contributed by atoms with Gasteiger partial charge in [0, 0.05) is 30.2 Å². The van der Waals surface area contributed by atoms with E-state index in [2.05, 4.69) is 28.0 Å². The lowest BCUT2D eigenvalue weighted by molar-refractivity contribution is 0.354. The molecule has 1 fully saturated rings. The number of hydrogen-bond acceptors (Lipinski definition) is 2. The van der Waals surface area contributed by atoms with Crippen LogP contribution in [0.5, 0.6) is 11.5 Å². The standard InChI is InChI=1S/C23H24N2O/c1-3-7-21(8-4-1)25-16-15-19(18-25)17-24-20-11-13-23(14-12-20)26-22-9-5-2-6-10-22/h2,5-6,9-18,21H,1,3-4,7-8H2. The average Bonchev–Trinajstić information content (AvgIpc) is 3.18. The van der Waals surface area contributed by atoms with E-state index in [4.69, 9.17) is 4.74 Å². The Kier molecular flexibility index (Phi) is 5.15. The minimum Gasteiger partial charge on any atom is -0.457 e. The largest absolute Gasteiger partial charge is 0.457 e. The lowest BCUT2D eigenvalue weighted by Gasteiger charge is -2.23. The molecule has 1 saturated carbocycles. The zero-order valence-corrected chi connectivity index (χ0v) is 14.9. The Morgan fingerprint density at radius 2 is 1.58 bits per heavy atom. The third-order valence-corrected chi connectivity index (χ3v) is 4.91. The number of para-hydroxylation sites is 1. The van der Waals surface area contributed by atoms with Crippen LogP contribution in [-0.2, 0) is 0 Å². The Balaban J connectivity index is 1.38. The first-order valence-electron chi connectivity index (χ1n) is 9.41. The summed E-state index contributed by atoms with van der Waals surface area (Å²) in [5, 5.41) is 0. The van der Waals surface area contributed by atoms with Crippen molar-refractivity contribution in [3.8, 4) is 11.5 Å². The molecule has 3 nitrogen and oxygen atoms in total. The van der Waals surface area contributed by atoms with Gasteiger partial charge in [0.05, 0.1) is 5.69 Å². The maximum absolute atomic E-state index is 5.81. The first-order chi connectivity index (χ1) is 12.9. The van der Waals surface area contributed by atoms with E-state index in [1.54, 1.807) is 0 Å². The molecule has 1 aliphatic rings. The summed E-state index contributed by atoms with van der Waals surface area (Å²) < 4.78 is 8.17. The quantitative estimate of drug-likeness (QED) is 0.483. The summed E-state index contributed by atoms with van der Waals surface area (Å²) in [6.45, 7) is 0. The molecule has 0 amide bonds. The Labute approximate surface area is 155 Å². The molecule has 0 spiro atoms. The fourth-order valence-corrected chi connectivity index (χ4v) is 3.49. The minimum atomic E-state index is 0.667. The number of benzene rings is 2. The second-order valence-electron chi connectivity index (χ2n) is 6.85. The summed E-state index contributed by atoms with van der Waals surface area (Å²) >= 11 is 0. The van der Waals surface area contributed by atoms with Gasteiger partial charge in [0.2, 0.25) is 0 Å². The van der Waals surface area contributed by atoms with Gasteiger partial charge in [0.15, 0.2) is 0 Å². The van der Waals surface area contributed by atoms with E-state index in [-0.39, 0.29) is 0 Å². The van der Waals surface area contributed by atoms with E-state index < -0.39 is 0 Å². The van der Waals surface area contributed by atoms with Crippen molar-refractivity contribution in [3.63, 3.8) is 0 Å². The lowest BCUT2D eigenvalue weighted by atomic mass is 9.95. The number of aliphatic imine (C=N–C) groups is 1. The predicted octanol–water partition coefficient (Wildman–Crippen LogP) is 6.54. The minimum absolute atomic E-state index is 0.667. The fraction of sp³-hybridized carbons (Fsp3) is 0.261. The van der Waals surface area contributed by atoms with Gasteiger partial charge in [-0.3, -0.25) is 4.99 Å². The van der Waals surface area contributed by atoms with Crippen LogP contribution >= 0.6 is 0 Å². The average molecular weight is 344 g/mol. The lowest BCUT2D eigenvalue weighted by Crippen LogP contribution is -2.10. The van der Waals surface area contributed by atoms with E-state index in [0.29, 0.717) is 6.04 Å². The highest BCUT2D eigenvalue weighted by Gasteiger charge is 2.14. The molecule has 0 aliphatic heterocycles. The maximum atomic E-state index is 5.81. The molecule has 0 unspecified atom stereocenters. The molecule has 1 aromatic heterocycles. The van der Waals surface area contributed by atoms with Crippen LogP contribution in [0.4, 0.5) is 5.69 Å². The van der Waals surface area contributed by atoms with Crippen molar-refractivity contribution in [2.45, 2.75) is 38.1 Å². The second-order valence-corrected chi connectivity index (χ2v) is 6.85. The number of nitrogens with zero attached hydrogens (tertiary/aromatic N) is 2. The molecule has 2 aromatic carbocycles. The van der Waals surface area contributed by atoms with E-state index >= 15 is 0 Å². The highest BCUT2D eigenvalue weighted by atomic mass is 16.5. The normalized spacial score (nSPS) is 15.4. The van der Waals surface area contributed by atoms with Crippen molar-refractivity contribution in [2.24, 2.45) is 4.99 Å². The highest BCUT2D eigenvalue weighted by molar-refractivity contribution is 5.81. The molecular formula is C23H24N2O. The van der Waals surface area contributed by atoms with Crippen LogP contribution in [0.3, 0.4) is 0 Å². The van der Waals surface area contributed by atoms with Crippen LogP contribution in [0.25, 0.3) is 0 Å². The van der Waals surface area contributed by atoms with E-state index in [9.17, 15) is 0 Å². The molecule has 0 radical (unpaired) electrons. The van der Waals surface area contributed by atoms with Crippen LogP contribution in [0.2, 0.25) is 0 Å². The van der Waals surface area contributed by atoms with Gasteiger partial charge in [-0.2, -0.15) is 0 Å². The zero-order chi connectivity index (χ0) is 17.6. The predicted molar refractivity (Wildman–Crippen MR) is 107 cm³/mol. The molecule has 3 heteroatoms. The fourth-order valence-electron chi connectivity index (χ4n) is 3.49. The van der Waals surface area contributed by atoms with Crippen LogP contribution < -0.4 is 4.74 Å². The van der Waals surface area contributed by atoms with Gasteiger partial charge in [0.1, 0.15) is 11.5 Å². The number of hydrogen-bond donors (Lipinski definition) is 0. The summed E-state index contributed by atoms with van der Waals surface area (Å²) in [5.74, 6) is 1.66. The number of ether oxygens (including phenoxy) is 1. The Morgan fingerprint density at radius 1 is 0.846 bits per heavy atom. The second kappa shape index (κ2) is 8.05. The van der Waals surface area contributed by atoms with Gasteiger partial charge in [0.25, 0.3) is 0 Å². The smallest absolute Gasteiger partial charge is 0.127 e.